The fraction of sp³-hybridized carbons (Fsp3) is 0.773. The standard InChI is InChI=1S/C44H76NO10P/c1-6-24-38-32-36(3)41(53-38)26-20-16-12-8-10-14-18-22-28-43(46)50-34-40(35-52-56(48,49)51-31-30-45-5)55-44(47)29-23-19-15-11-9-13-17-21-27-42-37(4)33-39(54-42)25-7-2/h32-33,40,45H,6-31,34-35H2,1-5H3,(H,48,49)/t40-/m1/s1. The van der Waals surface area contributed by atoms with Gasteiger partial charge >= 0.3 is 19.8 Å². The second kappa shape index (κ2) is 30.6. The highest BCUT2D eigenvalue weighted by molar-refractivity contribution is 7.47. The zero-order chi connectivity index (χ0) is 40.9. The summed E-state index contributed by atoms with van der Waals surface area (Å²) in [4.78, 5) is 35.2. The molecule has 0 bridgehead atoms. The third kappa shape index (κ3) is 23.7. The van der Waals surface area contributed by atoms with Crippen molar-refractivity contribution in [3.8, 4) is 0 Å². The van der Waals surface area contributed by atoms with Gasteiger partial charge in [-0.15, -0.1) is 0 Å². The minimum atomic E-state index is -4.37. The van der Waals surface area contributed by atoms with Crippen LogP contribution in [0.2, 0.25) is 0 Å². The molecule has 2 aromatic heterocycles. The number of phosphoric ester groups is 1. The molecule has 2 aromatic rings. The zero-order valence-electron chi connectivity index (χ0n) is 35.6. The van der Waals surface area contributed by atoms with Crippen molar-refractivity contribution in [2.24, 2.45) is 0 Å². The molecule has 2 N–H and O–H groups in total. The van der Waals surface area contributed by atoms with Crippen LogP contribution in [-0.4, -0.2) is 56.3 Å². The van der Waals surface area contributed by atoms with E-state index in [0.29, 0.717) is 19.4 Å². The second-order valence-corrected chi connectivity index (χ2v) is 16.7. The van der Waals surface area contributed by atoms with Crippen molar-refractivity contribution in [2.75, 3.05) is 33.4 Å². The number of likely N-dealkylation sites (N-methyl/N-ethyl adjacent to an activating group) is 1. The maximum Gasteiger partial charge on any atom is 0.472 e. The molecule has 0 amide bonds. The number of ether oxygens (including phenoxy) is 2. The first kappa shape index (κ1) is 49.7. The van der Waals surface area contributed by atoms with Crippen LogP contribution in [0.25, 0.3) is 0 Å². The third-order valence-corrected chi connectivity index (χ3v) is 10.9. The molecule has 0 radical (unpaired) electrons. The fourth-order valence-electron chi connectivity index (χ4n) is 6.74. The Morgan fingerprint density at radius 2 is 1.11 bits per heavy atom. The fourth-order valence-corrected chi connectivity index (χ4v) is 7.49. The molecule has 11 nitrogen and oxygen atoms in total. The van der Waals surface area contributed by atoms with Gasteiger partial charge in [0.05, 0.1) is 13.2 Å². The first-order chi connectivity index (χ1) is 27.1. The topological polar surface area (TPSA) is 147 Å². The monoisotopic (exact) mass is 810 g/mol. The lowest BCUT2D eigenvalue weighted by Crippen LogP contribution is -2.29. The lowest BCUT2D eigenvalue weighted by atomic mass is 10.1. The van der Waals surface area contributed by atoms with Crippen LogP contribution in [0, 0.1) is 13.8 Å². The summed E-state index contributed by atoms with van der Waals surface area (Å²) in [6.45, 7) is 8.26. The van der Waals surface area contributed by atoms with Crippen LogP contribution in [0.3, 0.4) is 0 Å². The van der Waals surface area contributed by atoms with Gasteiger partial charge in [-0.1, -0.05) is 90.9 Å². The zero-order valence-corrected chi connectivity index (χ0v) is 36.5. The smallest absolute Gasteiger partial charge is 0.466 e. The molecular weight excluding hydrogens is 733 g/mol. The summed E-state index contributed by atoms with van der Waals surface area (Å²) in [5.74, 6) is 3.62. The van der Waals surface area contributed by atoms with Crippen LogP contribution < -0.4 is 5.32 Å². The number of esters is 2. The first-order valence-electron chi connectivity index (χ1n) is 21.8. The number of carbonyl (C=O) groups is 2. The van der Waals surface area contributed by atoms with Gasteiger partial charge in [0.1, 0.15) is 29.6 Å². The van der Waals surface area contributed by atoms with Crippen molar-refractivity contribution in [1.29, 1.82) is 0 Å². The third-order valence-electron chi connectivity index (χ3n) is 9.96. The number of furan rings is 2. The van der Waals surface area contributed by atoms with Crippen LogP contribution in [0.1, 0.15) is 176 Å². The highest BCUT2D eigenvalue weighted by Crippen LogP contribution is 2.43. The average molecular weight is 810 g/mol. The van der Waals surface area contributed by atoms with Gasteiger partial charge in [0, 0.05) is 45.1 Å². The Morgan fingerprint density at radius 3 is 1.57 bits per heavy atom. The van der Waals surface area contributed by atoms with Gasteiger partial charge in [0.25, 0.3) is 0 Å². The molecule has 56 heavy (non-hydrogen) atoms. The quantitative estimate of drug-likeness (QED) is 0.0385. The van der Waals surface area contributed by atoms with Crippen LogP contribution in [0.4, 0.5) is 0 Å². The van der Waals surface area contributed by atoms with Gasteiger partial charge in [-0.05, 0) is 82.7 Å². The molecule has 0 aliphatic rings. The molecule has 0 aromatic carbocycles. The number of aryl methyl sites for hydroxylation is 6. The normalized spacial score (nSPS) is 13.2. The SMILES string of the molecule is CCCc1cc(C)c(CCCCCCCCCCC(=O)OC[C@H](COP(=O)(O)OCCNC)OC(=O)CCCCCCCCCCc2oc(CCC)cc2C)o1. The summed E-state index contributed by atoms with van der Waals surface area (Å²) in [6, 6.07) is 4.35. The Labute approximate surface area is 338 Å². The van der Waals surface area contributed by atoms with Gasteiger partial charge in [-0.25, -0.2) is 4.57 Å². The number of carbonyl (C=O) groups excluding carboxylic acids is 2. The molecule has 0 aliphatic heterocycles. The van der Waals surface area contributed by atoms with Gasteiger partial charge in [0.2, 0.25) is 0 Å². The Hall–Kier alpha value is -2.43. The minimum Gasteiger partial charge on any atom is -0.466 e. The van der Waals surface area contributed by atoms with Gasteiger partial charge in [-0.2, -0.15) is 0 Å². The van der Waals surface area contributed by atoms with Crippen LogP contribution in [-0.2, 0) is 58.4 Å². The number of rotatable bonds is 36. The summed E-state index contributed by atoms with van der Waals surface area (Å²) in [5, 5.41) is 2.82. The Morgan fingerprint density at radius 1 is 0.661 bits per heavy atom. The number of hydrogen-bond acceptors (Lipinski definition) is 10. The van der Waals surface area contributed by atoms with Crippen molar-refractivity contribution in [1.82, 2.24) is 5.32 Å². The highest BCUT2D eigenvalue weighted by Gasteiger charge is 2.26. The minimum absolute atomic E-state index is 0.0281. The van der Waals surface area contributed by atoms with Gasteiger partial charge in [-0.3, -0.25) is 18.6 Å². The van der Waals surface area contributed by atoms with Crippen molar-refractivity contribution in [3.63, 3.8) is 0 Å². The Bertz CT molecular complexity index is 1370. The average Bonchev–Trinajstić information content (AvgIpc) is 3.70. The first-order valence-corrected chi connectivity index (χ1v) is 23.3. The summed E-state index contributed by atoms with van der Waals surface area (Å²) in [5.41, 5.74) is 2.53. The lowest BCUT2D eigenvalue weighted by Gasteiger charge is -2.20. The van der Waals surface area contributed by atoms with Gasteiger partial charge in [0.15, 0.2) is 6.10 Å². The van der Waals surface area contributed by atoms with E-state index in [9.17, 15) is 19.0 Å². The van der Waals surface area contributed by atoms with Gasteiger partial charge < -0.3 is 28.5 Å². The van der Waals surface area contributed by atoms with Crippen LogP contribution in [0.15, 0.2) is 21.0 Å². The Kier molecular flexibility index (Phi) is 27.2. The van der Waals surface area contributed by atoms with E-state index in [1.807, 2.05) is 0 Å². The van der Waals surface area contributed by atoms with Crippen molar-refractivity contribution < 1.29 is 46.4 Å². The van der Waals surface area contributed by atoms with Crippen molar-refractivity contribution >= 4 is 19.8 Å². The van der Waals surface area contributed by atoms with E-state index in [1.54, 1.807) is 7.05 Å². The number of hydrogen-bond donors (Lipinski definition) is 2. The molecular formula is C44H76NO10P. The largest absolute Gasteiger partial charge is 0.472 e. The van der Waals surface area contributed by atoms with Crippen LogP contribution >= 0.6 is 7.82 Å². The summed E-state index contributed by atoms with van der Waals surface area (Å²) in [7, 11) is -2.67. The molecule has 0 spiro atoms. The molecule has 2 atom stereocenters. The molecule has 1 unspecified atom stereocenters. The van der Waals surface area contributed by atoms with E-state index < -0.39 is 32.5 Å². The molecule has 0 saturated carbocycles. The van der Waals surface area contributed by atoms with E-state index in [4.69, 9.17) is 27.4 Å². The Balaban J connectivity index is 1.58. The molecule has 0 saturated heterocycles. The summed E-state index contributed by atoms with van der Waals surface area (Å²) in [6.07, 6.45) is 22.6. The number of unbranched alkanes of at least 4 members (excludes halogenated alkanes) is 14. The number of nitrogens with one attached hydrogen (secondary N) is 1. The highest BCUT2D eigenvalue weighted by atomic mass is 31.2. The van der Waals surface area contributed by atoms with E-state index in [2.05, 4.69) is 45.1 Å². The molecule has 0 fully saturated rings. The van der Waals surface area contributed by atoms with E-state index in [1.165, 1.54) is 49.7 Å². The van der Waals surface area contributed by atoms with Crippen molar-refractivity contribution in [2.45, 2.75) is 188 Å². The summed E-state index contributed by atoms with van der Waals surface area (Å²) >= 11 is 0. The molecule has 2 rings (SSSR count). The van der Waals surface area contributed by atoms with E-state index in [-0.39, 0.29) is 26.1 Å². The molecule has 2 heterocycles. The van der Waals surface area contributed by atoms with Crippen molar-refractivity contribution in [3.05, 3.63) is 46.3 Å². The molecule has 322 valence electrons. The second-order valence-electron chi connectivity index (χ2n) is 15.3. The van der Waals surface area contributed by atoms with E-state index in [0.717, 1.165) is 113 Å². The number of phosphoric acid groups is 1. The maximum atomic E-state index is 12.7. The maximum absolute atomic E-state index is 12.7. The predicted octanol–water partition coefficient (Wildman–Crippen LogP) is 11.0. The summed E-state index contributed by atoms with van der Waals surface area (Å²) < 4.78 is 45.2. The molecule has 0 aliphatic carbocycles. The van der Waals surface area contributed by atoms with E-state index >= 15 is 0 Å². The van der Waals surface area contributed by atoms with Crippen LogP contribution in [0.5, 0.6) is 0 Å². The molecule has 12 heteroatoms. The lowest BCUT2D eigenvalue weighted by molar-refractivity contribution is -0.161. The predicted molar refractivity (Wildman–Crippen MR) is 222 cm³/mol.